The first-order valence-corrected chi connectivity index (χ1v) is 13.8. The molecule has 1 atom stereocenters. The summed E-state index contributed by atoms with van der Waals surface area (Å²) < 4.78 is 4.02. The largest absolute Gasteiger partial charge is 0.363 e. The summed E-state index contributed by atoms with van der Waals surface area (Å²) in [7, 11) is 0. The number of para-hydroxylation sites is 1. The number of hydrogen-bond donors (Lipinski definition) is 1. The minimum atomic E-state index is -0.355. The molecule has 2 aromatic heterocycles. The topological polar surface area (TPSA) is 64.7 Å². The molecule has 0 bridgehead atoms. The monoisotopic (exact) mass is 509 g/mol. The first-order valence-electron chi connectivity index (χ1n) is 13.8. The Balaban J connectivity index is 1.51. The Hall–Kier alpha value is -3.67. The molecule has 6 heteroatoms. The van der Waals surface area contributed by atoms with E-state index < -0.39 is 0 Å². The van der Waals surface area contributed by atoms with Crippen molar-refractivity contribution in [2.75, 3.05) is 5.32 Å². The molecule has 0 spiro atoms. The van der Waals surface area contributed by atoms with Crippen LogP contribution in [0.15, 0.2) is 66.7 Å². The van der Waals surface area contributed by atoms with Gasteiger partial charge in [-0.3, -0.25) is 4.79 Å². The maximum Gasteiger partial charge on any atom is 0.169 e. The van der Waals surface area contributed by atoms with E-state index in [1.807, 2.05) is 40.6 Å². The summed E-state index contributed by atoms with van der Waals surface area (Å²) in [5, 5.41) is 13.6. The number of aromatic nitrogens is 4. The molecule has 1 aliphatic rings. The smallest absolute Gasteiger partial charge is 0.169 e. The number of nitrogens with one attached hydrogen (secondary N) is 1. The molecule has 4 aromatic rings. The summed E-state index contributed by atoms with van der Waals surface area (Å²) in [6.45, 7) is 12.8. The Bertz CT molecular complexity index is 1430. The molecule has 0 aliphatic carbocycles. The zero-order valence-electron chi connectivity index (χ0n) is 23.5. The van der Waals surface area contributed by atoms with Crippen molar-refractivity contribution in [2.24, 2.45) is 0 Å². The number of carbonyl (C=O) groups is 1. The van der Waals surface area contributed by atoms with Gasteiger partial charge in [-0.25, -0.2) is 9.36 Å². The lowest BCUT2D eigenvalue weighted by Gasteiger charge is -2.38. The van der Waals surface area contributed by atoms with Gasteiger partial charge in [0.05, 0.1) is 34.2 Å². The number of anilines is 1. The van der Waals surface area contributed by atoms with Gasteiger partial charge in [0.15, 0.2) is 5.78 Å². The Morgan fingerprint density at radius 3 is 2.26 bits per heavy atom. The number of hydrogen-bond acceptors (Lipinski definition) is 4. The van der Waals surface area contributed by atoms with Crippen molar-refractivity contribution in [3.8, 4) is 5.69 Å². The summed E-state index contributed by atoms with van der Waals surface area (Å²) in [6.07, 6.45) is 2.94. The van der Waals surface area contributed by atoms with Gasteiger partial charge >= 0.3 is 0 Å². The van der Waals surface area contributed by atoms with E-state index in [1.165, 1.54) is 5.56 Å². The van der Waals surface area contributed by atoms with E-state index in [0.717, 1.165) is 47.8 Å². The van der Waals surface area contributed by atoms with Crippen LogP contribution in [-0.4, -0.2) is 25.3 Å². The van der Waals surface area contributed by atoms with Gasteiger partial charge in [0, 0.05) is 17.5 Å². The highest BCUT2D eigenvalue weighted by Crippen LogP contribution is 2.43. The van der Waals surface area contributed by atoms with Crippen molar-refractivity contribution in [3.05, 3.63) is 94.9 Å². The Kier molecular flexibility index (Phi) is 6.76. The molecule has 198 valence electrons. The SMILES string of the molecule is CCC(CC)(CC(=O)c1c(C)nn2c1NC(c1ccccc1)CC2(C)C)c1cc(C)n(-c2ccccc2)n1. The van der Waals surface area contributed by atoms with E-state index in [1.54, 1.807) is 0 Å². The number of ketones is 1. The molecular weight excluding hydrogens is 470 g/mol. The van der Waals surface area contributed by atoms with Gasteiger partial charge in [-0.15, -0.1) is 0 Å². The second kappa shape index (κ2) is 9.90. The lowest BCUT2D eigenvalue weighted by molar-refractivity contribution is 0.0942. The molecule has 3 heterocycles. The van der Waals surface area contributed by atoms with Crippen molar-refractivity contribution in [2.45, 2.75) is 84.2 Å². The second-order valence-electron chi connectivity index (χ2n) is 11.4. The zero-order valence-corrected chi connectivity index (χ0v) is 23.5. The normalized spacial score (nSPS) is 16.6. The van der Waals surface area contributed by atoms with Crippen LogP contribution in [0.4, 0.5) is 5.82 Å². The quantitative estimate of drug-likeness (QED) is 0.253. The predicted octanol–water partition coefficient (Wildman–Crippen LogP) is 7.31. The molecule has 6 nitrogen and oxygen atoms in total. The Morgan fingerprint density at radius 2 is 1.63 bits per heavy atom. The third kappa shape index (κ3) is 4.46. The van der Waals surface area contributed by atoms with Crippen molar-refractivity contribution in [3.63, 3.8) is 0 Å². The predicted molar refractivity (Wildman–Crippen MR) is 153 cm³/mol. The van der Waals surface area contributed by atoms with Gasteiger partial charge in [0.2, 0.25) is 0 Å². The number of benzene rings is 2. The first kappa shape index (κ1) is 26.0. The zero-order chi connectivity index (χ0) is 27.1. The Morgan fingerprint density at radius 1 is 1.00 bits per heavy atom. The summed E-state index contributed by atoms with van der Waals surface area (Å²) >= 11 is 0. The average Bonchev–Trinajstić information content (AvgIpc) is 3.48. The average molecular weight is 510 g/mol. The lowest BCUT2D eigenvalue weighted by Crippen LogP contribution is -2.38. The number of carbonyl (C=O) groups excluding carboxylic acids is 1. The van der Waals surface area contributed by atoms with Gasteiger partial charge in [-0.2, -0.15) is 10.2 Å². The number of Topliss-reactive ketones (excluding diaryl/α,β-unsaturated/α-hetero) is 1. The van der Waals surface area contributed by atoms with Crippen LogP contribution >= 0.6 is 0 Å². The fourth-order valence-corrected chi connectivity index (χ4v) is 6.03. The van der Waals surface area contributed by atoms with E-state index in [2.05, 4.69) is 82.4 Å². The number of aryl methyl sites for hydroxylation is 2. The number of rotatable bonds is 8. The summed E-state index contributed by atoms with van der Waals surface area (Å²) in [5.41, 5.74) is 5.22. The molecule has 38 heavy (non-hydrogen) atoms. The van der Waals surface area contributed by atoms with Gasteiger partial charge < -0.3 is 5.32 Å². The van der Waals surface area contributed by atoms with Crippen molar-refractivity contribution < 1.29 is 4.79 Å². The highest BCUT2D eigenvalue weighted by Gasteiger charge is 2.40. The van der Waals surface area contributed by atoms with Crippen LogP contribution in [0.5, 0.6) is 0 Å². The third-order valence-corrected chi connectivity index (χ3v) is 8.41. The van der Waals surface area contributed by atoms with E-state index in [4.69, 9.17) is 10.2 Å². The van der Waals surface area contributed by atoms with Crippen LogP contribution in [-0.2, 0) is 11.0 Å². The molecular formula is C32H39N5O. The molecule has 0 fully saturated rings. The molecule has 1 unspecified atom stereocenters. The number of nitrogens with zero attached hydrogens (tertiary/aromatic N) is 4. The molecule has 1 N–H and O–H groups in total. The van der Waals surface area contributed by atoms with Crippen LogP contribution in [0.2, 0.25) is 0 Å². The van der Waals surface area contributed by atoms with Gasteiger partial charge in [-0.05, 0) is 70.7 Å². The molecule has 2 aromatic carbocycles. The summed E-state index contributed by atoms with van der Waals surface area (Å²) in [6, 6.07) is 22.9. The highest BCUT2D eigenvalue weighted by atomic mass is 16.1. The Labute approximate surface area is 226 Å². The van der Waals surface area contributed by atoms with Gasteiger partial charge in [0.25, 0.3) is 0 Å². The van der Waals surface area contributed by atoms with Crippen molar-refractivity contribution in [1.82, 2.24) is 19.6 Å². The van der Waals surface area contributed by atoms with Crippen molar-refractivity contribution >= 4 is 11.6 Å². The van der Waals surface area contributed by atoms with Gasteiger partial charge in [-0.1, -0.05) is 62.4 Å². The molecule has 0 saturated heterocycles. The van der Waals surface area contributed by atoms with E-state index in [-0.39, 0.29) is 22.8 Å². The van der Waals surface area contributed by atoms with Crippen LogP contribution in [0, 0.1) is 13.8 Å². The van der Waals surface area contributed by atoms with Crippen LogP contribution in [0.1, 0.15) is 92.4 Å². The maximum atomic E-state index is 14.2. The van der Waals surface area contributed by atoms with E-state index >= 15 is 0 Å². The molecule has 1 aliphatic heterocycles. The van der Waals surface area contributed by atoms with Crippen LogP contribution in [0.25, 0.3) is 5.69 Å². The van der Waals surface area contributed by atoms with E-state index in [9.17, 15) is 4.79 Å². The highest BCUT2D eigenvalue weighted by molar-refractivity contribution is 6.02. The lowest BCUT2D eigenvalue weighted by atomic mass is 9.74. The van der Waals surface area contributed by atoms with Crippen LogP contribution in [0.3, 0.4) is 0 Å². The number of fused-ring (bicyclic) bond motifs is 1. The fourth-order valence-electron chi connectivity index (χ4n) is 6.03. The summed E-state index contributed by atoms with van der Waals surface area (Å²) in [5.74, 6) is 0.959. The van der Waals surface area contributed by atoms with Crippen molar-refractivity contribution in [1.29, 1.82) is 0 Å². The van der Waals surface area contributed by atoms with E-state index in [0.29, 0.717) is 12.0 Å². The second-order valence-corrected chi connectivity index (χ2v) is 11.4. The first-order chi connectivity index (χ1) is 18.2. The van der Waals surface area contributed by atoms with Gasteiger partial charge in [0.1, 0.15) is 5.82 Å². The minimum Gasteiger partial charge on any atom is -0.363 e. The van der Waals surface area contributed by atoms with Crippen LogP contribution < -0.4 is 5.32 Å². The molecule has 0 amide bonds. The minimum absolute atomic E-state index is 0.118. The standard InChI is InChI=1S/C32H39N5O/c1-7-32(8-2,28-19-22(3)36(35-28)25-17-13-10-14-18-25)21-27(38)29-23(4)34-37-30(29)33-26(20-31(37,5)6)24-15-11-9-12-16-24/h9-19,26,33H,7-8,20-21H2,1-6H3. The molecule has 0 saturated carbocycles. The fraction of sp³-hybridized carbons (Fsp3) is 0.406. The molecule has 0 radical (unpaired) electrons. The molecule has 5 rings (SSSR count). The third-order valence-electron chi connectivity index (χ3n) is 8.41. The maximum absolute atomic E-state index is 14.2. The summed E-state index contributed by atoms with van der Waals surface area (Å²) in [4.78, 5) is 14.2.